The van der Waals surface area contributed by atoms with Crippen LogP contribution < -0.4 is 44.6 Å². The molecule has 0 radical (unpaired) electrons. The lowest BCUT2D eigenvalue weighted by Gasteiger charge is -2.13. The van der Waals surface area contributed by atoms with Gasteiger partial charge in [0.25, 0.3) is 11.1 Å². The van der Waals surface area contributed by atoms with E-state index in [4.69, 9.17) is 61.1 Å². The number of halogens is 5. The van der Waals surface area contributed by atoms with E-state index in [1.54, 1.807) is 13.8 Å². The summed E-state index contributed by atoms with van der Waals surface area (Å²) in [5.41, 5.74) is 1.64. The fourth-order valence-corrected chi connectivity index (χ4v) is 6.14. The molecule has 6 aromatic rings. The third-order valence-electron chi connectivity index (χ3n) is 8.67. The highest BCUT2D eigenvalue weighted by Crippen LogP contribution is 2.38. The van der Waals surface area contributed by atoms with Gasteiger partial charge in [-0.25, -0.2) is 23.2 Å². The second-order valence-electron chi connectivity index (χ2n) is 13.3. The highest BCUT2D eigenvalue weighted by atomic mass is 127. The number of aliphatic hydroxyl groups is 1. The molecule has 338 valence electrons. The number of aliphatic hydroxyl groups excluding tert-OH is 1. The molecule has 0 aliphatic heterocycles. The molecule has 66 heavy (non-hydrogen) atoms. The molecular formula is C46H36Cl2F2IN8O7-. The summed E-state index contributed by atoms with van der Waals surface area (Å²) in [6.45, 7) is 21.6. The van der Waals surface area contributed by atoms with E-state index in [0.29, 0.717) is 22.5 Å². The van der Waals surface area contributed by atoms with E-state index in [9.17, 15) is 19.5 Å². The fraction of sp³-hybridized carbons (Fsp3) is 0.196. The predicted octanol–water partition coefficient (Wildman–Crippen LogP) is 6.80. The molecule has 0 aliphatic carbocycles. The van der Waals surface area contributed by atoms with E-state index in [2.05, 4.69) is 19.9 Å². The van der Waals surface area contributed by atoms with Crippen molar-refractivity contribution in [1.29, 1.82) is 10.5 Å². The normalized spacial score (nSPS) is 9.91. The first-order valence-electron chi connectivity index (χ1n) is 19.1. The Labute approximate surface area is 404 Å². The van der Waals surface area contributed by atoms with Crippen LogP contribution in [0, 0.1) is 61.3 Å². The van der Waals surface area contributed by atoms with Crippen LogP contribution >= 0.6 is 23.2 Å². The summed E-state index contributed by atoms with van der Waals surface area (Å²) in [6.07, 6.45) is 0.0120. The number of hydrogen-bond donors (Lipinski definition) is 1. The van der Waals surface area contributed by atoms with E-state index in [1.165, 1.54) is 79.7 Å². The minimum absolute atomic E-state index is 0. The number of benzene rings is 4. The molecule has 20 heteroatoms. The van der Waals surface area contributed by atoms with Crippen LogP contribution in [-0.2, 0) is 35.8 Å². The number of carbonyl (C=O) groups is 1. The number of aryl methyl sites for hydroxylation is 2. The van der Waals surface area contributed by atoms with Crippen molar-refractivity contribution in [3.8, 4) is 35.1 Å². The van der Waals surface area contributed by atoms with Gasteiger partial charge in [0.2, 0.25) is 0 Å². The maximum atomic E-state index is 15.3. The van der Waals surface area contributed by atoms with E-state index in [1.807, 2.05) is 26.0 Å². The maximum absolute atomic E-state index is 15.3. The van der Waals surface area contributed by atoms with Gasteiger partial charge in [0.15, 0.2) is 41.2 Å². The lowest BCUT2D eigenvalue weighted by molar-refractivity contribution is -0.145. The molecule has 2 heterocycles. The molecule has 0 unspecified atom stereocenters. The van der Waals surface area contributed by atoms with Crippen molar-refractivity contribution in [2.24, 2.45) is 0 Å². The maximum Gasteiger partial charge on any atom is 0.304 e. The Morgan fingerprint density at radius 3 is 1.53 bits per heavy atom. The van der Waals surface area contributed by atoms with E-state index in [-0.39, 0.29) is 110 Å². The molecule has 0 spiro atoms. The fourth-order valence-electron chi connectivity index (χ4n) is 5.77. The van der Waals surface area contributed by atoms with Crippen molar-refractivity contribution >= 4 is 40.5 Å². The molecule has 4 aromatic carbocycles. The summed E-state index contributed by atoms with van der Waals surface area (Å²) in [6, 6.07) is 20.9. The monoisotopic (exact) mass is 1050 g/mol. The number of hydrogen-bond acceptors (Lipinski definition) is 11. The Hall–Kier alpha value is -7.20. The van der Waals surface area contributed by atoms with E-state index < -0.39 is 35.5 Å². The third-order valence-corrected chi connectivity index (χ3v) is 9.27. The van der Waals surface area contributed by atoms with Crippen LogP contribution in [0.25, 0.3) is 9.69 Å². The smallest absolute Gasteiger partial charge is 0.304 e. The van der Waals surface area contributed by atoms with Gasteiger partial charge in [0.1, 0.15) is 18.2 Å². The summed E-state index contributed by atoms with van der Waals surface area (Å²) < 4.78 is 48.3. The molecule has 2 aromatic heterocycles. The molecule has 0 fully saturated rings. The summed E-state index contributed by atoms with van der Waals surface area (Å²) in [5, 5.41) is 35.6. The Balaban J connectivity index is 0.000000334. The van der Waals surface area contributed by atoms with E-state index in [0.717, 1.165) is 9.36 Å². The SMILES string of the molecule is CC.[C-]#[N+]c1cc(C#N)cc(Oc2c(Cl)ccc(Cc3cc(C)c(=O)n(CO)n3)c2F)c1.[C-]#[N+]c1cc(C#N)cc(Oc2c(Cl)ccc(Cc3cc(C)c(=O)n(COC(C)=O)n3)c2F)c1.[I-]. The quantitative estimate of drug-likeness (QED) is 0.0816. The Kier molecular flexibility index (Phi) is 19.9. The van der Waals surface area contributed by atoms with Crippen LogP contribution in [-0.4, -0.2) is 30.6 Å². The average Bonchev–Trinajstić information content (AvgIpc) is 3.30. The van der Waals surface area contributed by atoms with E-state index >= 15 is 8.78 Å². The minimum Gasteiger partial charge on any atom is -1.00 e. The van der Waals surface area contributed by atoms with Crippen molar-refractivity contribution in [3.63, 3.8) is 0 Å². The number of aromatic nitrogens is 4. The molecule has 0 amide bonds. The zero-order valence-corrected chi connectivity index (χ0v) is 39.3. The lowest BCUT2D eigenvalue weighted by Crippen LogP contribution is -3.00. The van der Waals surface area contributed by atoms with Crippen molar-refractivity contribution < 1.29 is 56.9 Å². The molecule has 0 saturated heterocycles. The van der Waals surface area contributed by atoms with Gasteiger partial charge in [0, 0.05) is 42.0 Å². The van der Waals surface area contributed by atoms with Crippen LogP contribution in [0.15, 0.2) is 82.4 Å². The Morgan fingerprint density at radius 2 is 1.15 bits per heavy atom. The topological polar surface area (TPSA) is 191 Å². The molecular weight excluding hydrogens is 1010 g/mol. The number of nitriles is 2. The van der Waals surface area contributed by atoms with Crippen LogP contribution in [0.3, 0.4) is 0 Å². The predicted molar refractivity (Wildman–Crippen MR) is 235 cm³/mol. The zero-order valence-electron chi connectivity index (χ0n) is 35.6. The number of carbonyl (C=O) groups excluding carboxylic acids is 1. The van der Waals surface area contributed by atoms with Crippen LogP contribution in [0.5, 0.6) is 23.0 Å². The van der Waals surface area contributed by atoms with Gasteiger partial charge in [-0.2, -0.15) is 25.4 Å². The average molecular weight is 1050 g/mol. The summed E-state index contributed by atoms with van der Waals surface area (Å²) in [4.78, 5) is 41.7. The van der Waals surface area contributed by atoms with Gasteiger partial charge in [-0.1, -0.05) is 49.2 Å². The number of esters is 1. The van der Waals surface area contributed by atoms with Gasteiger partial charge in [-0.3, -0.25) is 14.4 Å². The lowest BCUT2D eigenvalue weighted by atomic mass is 10.1. The first kappa shape index (κ1) is 53.1. The van der Waals surface area contributed by atoms with Crippen molar-refractivity contribution in [2.75, 3.05) is 0 Å². The molecule has 0 aliphatic rings. The molecule has 0 bridgehead atoms. The minimum atomic E-state index is -0.758. The standard InChI is InChI=1S/C23H16ClFN4O4.C21H14ClFN4O3.C2H6.HI/c1-13-6-18(28-29(23(13)31)12-32-14(2)30)9-16-4-5-20(24)22(21(16)25)33-19-8-15(11-26)7-17(10-19)27-3;1-12-5-16(26-27(11-28)21(12)29)8-14-3-4-18(22)20(19(14)23)30-17-7-13(10-24)6-15(9-17)25-2;1-2;/h4-8,10H,9,12H2,1-2H3;3-7,9,28H,8,11H2,1H3;1-2H3;1H/p-1. The van der Waals surface area contributed by atoms with Gasteiger partial charge in [0.05, 0.1) is 46.7 Å². The Bertz CT molecular complexity index is 3020. The van der Waals surface area contributed by atoms with Crippen molar-refractivity contribution in [3.05, 3.63) is 183 Å². The van der Waals surface area contributed by atoms with Gasteiger partial charge in [-0.15, -0.1) is 0 Å². The van der Waals surface area contributed by atoms with Crippen molar-refractivity contribution in [2.45, 2.75) is 60.9 Å². The Morgan fingerprint density at radius 1 is 0.742 bits per heavy atom. The van der Waals surface area contributed by atoms with Crippen LogP contribution in [0.4, 0.5) is 20.2 Å². The second-order valence-corrected chi connectivity index (χ2v) is 14.1. The van der Waals surface area contributed by atoms with Crippen LogP contribution in [0.2, 0.25) is 10.0 Å². The number of nitrogens with zero attached hydrogens (tertiary/aromatic N) is 8. The van der Waals surface area contributed by atoms with Crippen molar-refractivity contribution in [1.82, 2.24) is 19.6 Å². The largest absolute Gasteiger partial charge is 1.00 e. The highest BCUT2D eigenvalue weighted by Gasteiger charge is 2.19. The summed E-state index contributed by atoms with van der Waals surface area (Å²) >= 11 is 12.3. The molecule has 15 nitrogen and oxygen atoms in total. The second kappa shape index (κ2) is 24.8. The van der Waals surface area contributed by atoms with Gasteiger partial charge in [-0.05, 0) is 85.6 Å². The first-order chi connectivity index (χ1) is 31.1. The first-order valence-corrected chi connectivity index (χ1v) is 19.9. The van der Waals surface area contributed by atoms with Gasteiger partial charge >= 0.3 is 5.97 Å². The summed E-state index contributed by atoms with van der Waals surface area (Å²) in [7, 11) is 0. The highest BCUT2D eigenvalue weighted by molar-refractivity contribution is 6.32. The van der Waals surface area contributed by atoms with Crippen LogP contribution in [0.1, 0.15) is 65.5 Å². The zero-order chi connectivity index (χ0) is 48.0. The molecule has 1 N–H and O–H groups in total. The number of ether oxygens (including phenoxy) is 3. The van der Waals surface area contributed by atoms with Gasteiger partial charge < -0.3 is 43.3 Å². The third kappa shape index (κ3) is 13.7. The number of rotatable bonds is 11. The summed E-state index contributed by atoms with van der Waals surface area (Å²) in [5.74, 6) is -2.42. The molecule has 6 rings (SSSR count). The molecule has 0 atom stereocenters. The molecule has 0 saturated carbocycles.